The molecule has 6 heterocycles. The van der Waals surface area contributed by atoms with Gasteiger partial charge in [-0.3, -0.25) is 28.8 Å². The predicted molar refractivity (Wildman–Crippen MR) is 233 cm³/mol. The minimum Gasteiger partial charge on any atom is -0.463 e. The Bertz CT molecular complexity index is 2790. The van der Waals surface area contributed by atoms with Gasteiger partial charge in [-0.25, -0.2) is 25.4 Å². The van der Waals surface area contributed by atoms with Crippen molar-refractivity contribution in [3.63, 3.8) is 0 Å². The van der Waals surface area contributed by atoms with E-state index in [1.807, 2.05) is 0 Å². The van der Waals surface area contributed by atoms with Crippen LogP contribution in [0.5, 0.6) is 0 Å². The van der Waals surface area contributed by atoms with Crippen LogP contribution < -0.4 is 8.61 Å². The lowest BCUT2D eigenvalue weighted by Crippen LogP contribution is -2.70. The number of carbonyl (C=O) groups excluding carboxylic acids is 6. The van der Waals surface area contributed by atoms with Gasteiger partial charge in [-0.1, -0.05) is 72.8 Å². The Kier molecular flexibility index (Phi) is 9.71. The van der Waals surface area contributed by atoms with E-state index in [-0.39, 0.29) is 34.0 Å². The maximum absolute atomic E-state index is 15.6. The fraction of sp³-hybridized carbons (Fsp3) is 0.348. The van der Waals surface area contributed by atoms with Crippen LogP contribution in [0.4, 0.5) is 11.4 Å². The van der Waals surface area contributed by atoms with Crippen molar-refractivity contribution in [2.24, 2.45) is 0 Å². The number of nitrogens with zero attached hydrogens (tertiary/aromatic N) is 6. The average Bonchev–Trinajstić information content (AvgIpc) is 4.01. The number of anilines is 2. The fourth-order valence-electron chi connectivity index (χ4n) is 11.7. The van der Waals surface area contributed by atoms with E-state index in [4.69, 9.17) is 9.47 Å². The largest absolute Gasteiger partial charge is 0.463 e. The van der Waals surface area contributed by atoms with Crippen molar-refractivity contribution in [3.05, 3.63) is 120 Å². The van der Waals surface area contributed by atoms with Crippen LogP contribution in [0.2, 0.25) is 0 Å². The first-order valence-corrected chi connectivity index (χ1v) is 24.1. The highest BCUT2D eigenvalue weighted by atomic mass is 32.2. The number of fused-ring (bicyclic) bond motifs is 11. The smallest absolute Gasteiger partial charge is 0.302 e. The number of ether oxygens (including phenoxy) is 2. The molecule has 18 nitrogen and oxygen atoms in total. The van der Waals surface area contributed by atoms with E-state index in [2.05, 4.69) is 0 Å². The molecule has 0 spiro atoms. The Morgan fingerprint density at radius 1 is 0.530 bits per heavy atom. The first-order valence-electron chi connectivity index (χ1n) is 21.3. The normalized spacial score (nSPS) is 28.7. The number of rotatable bonds is 9. The molecule has 20 heteroatoms. The van der Waals surface area contributed by atoms with Gasteiger partial charge in [0, 0.05) is 27.9 Å². The lowest BCUT2D eigenvalue weighted by atomic mass is 9.54. The molecule has 0 saturated carbocycles. The van der Waals surface area contributed by atoms with E-state index in [9.17, 15) is 19.2 Å². The minimum absolute atomic E-state index is 0.128. The summed E-state index contributed by atoms with van der Waals surface area (Å²) in [6.45, 7) is 1.20. The van der Waals surface area contributed by atoms with Gasteiger partial charge in [0.25, 0.3) is 31.9 Å². The van der Waals surface area contributed by atoms with E-state index in [0.29, 0.717) is 11.1 Å². The Balaban J connectivity index is 1.32. The molecule has 10 rings (SSSR count). The molecule has 4 saturated heterocycles. The molecule has 0 aromatic heterocycles. The molecule has 66 heavy (non-hydrogen) atoms. The summed E-state index contributed by atoms with van der Waals surface area (Å²) >= 11 is 0. The lowest BCUT2D eigenvalue weighted by molar-refractivity contribution is -0.165. The summed E-state index contributed by atoms with van der Waals surface area (Å²) in [7, 11) is -6.62. The van der Waals surface area contributed by atoms with Gasteiger partial charge < -0.3 is 29.1 Å². The zero-order valence-electron chi connectivity index (χ0n) is 36.1. The standard InChI is InChI=1S/C46H44N6O12S2/c1-27(53)63-25-37-41(57)49-35(39(55)47(37)3)23-45(31-19-11-13-21-33(31)51(43(45)49)65(59,60)29-15-7-5-8-16-29)46-24-36-40(56)48(4)38(26-64-28(2)54)42(58)50(36)44(46)52(34-22-14-12-20-32(34)46)66(61,62)30-17-9-6-10-18-30/h5-22,35-38,43-44H,23-26H2,1-4H3/t35?,36?,37-,38-,43+,44+,45-,46-/m0/s1. The molecule has 2 unspecified atom stereocenters. The summed E-state index contributed by atoms with van der Waals surface area (Å²) < 4.78 is 75.2. The van der Waals surface area contributed by atoms with Crippen LogP contribution in [-0.4, -0.2) is 136 Å². The molecule has 0 radical (unpaired) electrons. The number of hydrogen-bond acceptors (Lipinski definition) is 12. The van der Waals surface area contributed by atoms with Crippen LogP contribution in [-0.2, 0) is 69.1 Å². The SMILES string of the molecule is CC(=O)OC[C@H]1C(=O)N2C(C[C@]3([C@]45CC6C(=O)N(C)[C@@H](COC(C)=O)C(=O)N6[C@@H]4N(S(=O)(=O)c4ccccc4)c4ccccc45)c4ccccc4N(S(=O)(=O)c4ccccc4)[C@@H]23)C(=O)N1C. The van der Waals surface area contributed by atoms with E-state index in [1.54, 1.807) is 84.9 Å². The van der Waals surface area contributed by atoms with Gasteiger partial charge in [0.1, 0.15) is 49.7 Å². The van der Waals surface area contributed by atoms with Crippen LogP contribution in [0, 0.1) is 0 Å². The highest BCUT2D eigenvalue weighted by Crippen LogP contribution is 2.72. The van der Waals surface area contributed by atoms with Crippen molar-refractivity contribution >= 4 is 67.0 Å². The molecule has 4 fully saturated rings. The quantitative estimate of drug-likeness (QED) is 0.221. The third-order valence-corrected chi connectivity index (χ3v) is 17.9. The topological polar surface area (TPSA) is 209 Å². The summed E-state index contributed by atoms with van der Waals surface area (Å²) in [5, 5.41) is 0. The molecule has 0 aliphatic carbocycles. The first kappa shape index (κ1) is 43.1. The second kappa shape index (κ2) is 14.9. The predicted octanol–water partition coefficient (Wildman–Crippen LogP) is 1.94. The highest BCUT2D eigenvalue weighted by Gasteiger charge is 2.82. The first-order chi connectivity index (χ1) is 31.4. The number of benzene rings is 4. The Hall–Kier alpha value is -6.80. The minimum atomic E-state index is -4.70. The molecule has 6 aliphatic rings. The third kappa shape index (κ3) is 5.56. The van der Waals surface area contributed by atoms with Crippen molar-refractivity contribution in [1.82, 2.24) is 19.6 Å². The summed E-state index contributed by atoms with van der Waals surface area (Å²) in [4.78, 5) is 89.6. The van der Waals surface area contributed by atoms with Crippen molar-refractivity contribution in [2.75, 3.05) is 35.9 Å². The monoisotopic (exact) mass is 936 g/mol. The van der Waals surface area contributed by atoms with E-state index in [1.165, 1.54) is 58.0 Å². The van der Waals surface area contributed by atoms with Crippen molar-refractivity contribution in [1.29, 1.82) is 0 Å². The van der Waals surface area contributed by atoms with Gasteiger partial charge >= 0.3 is 11.9 Å². The molecule has 8 atom stereocenters. The van der Waals surface area contributed by atoms with Crippen molar-refractivity contribution in [3.8, 4) is 0 Å². The Morgan fingerprint density at radius 3 is 1.21 bits per heavy atom. The molecule has 4 amide bonds. The molecule has 4 aromatic rings. The summed E-state index contributed by atoms with van der Waals surface area (Å²) in [6, 6.07) is 22.7. The number of sulfonamides is 2. The van der Waals surface area contributed by atoms with E-state index < -0.39 is 116 Å². The number of esters is 2. The van der Waals surface area contributed by atoms with Crippen LogP contribution in [0.1, 0.15) is 37.8 Å². The van der Waals surface area contributed by atoms with Crippen LogP contribution >= 0.6 is 0 Å². The highest BCUT2D eigenvalue weighted by molar-refractivity contribution is 7.93. The third-order valence-electron chi connectivity index (χ3n) is 14.4. The van der Waals surface area contributed by atoms with Gasteiger partial charge in [0.15, 0.2) is 0 Å². The maximum Gasteiger partial charge on any atom is 0.302 e. The average molecular weight is 937 g/mol. The van der Waals surface area contributed by atoms with Gasteiger partial charge in [-0.05, 0) is 60.4 Å². The number of amides is 4. The Morgan fingerprint density at radius 2 is 0.864 bits per heavy atom. The Labute approximate surface area is 380 Å². The molecular weight excluding hydrogens is 893 g/mol. The molecule has 6 aliphatic heterocycles. The number of likely N-dealkylation sites (N-methyl/N-ethyl adjacent to an activating group) is 2. The lowest BCUT2D eigenvalue weighted by Gasteiger charge is -2.50. The van der Waals surface area contributed by atoms with Crippen LogP contribution in [0.25, 0.3) is 0 Å². The number of hydrogen-bond donors (Lipinski definition) is 0. The molecule has 0 N–H and O–H groups in total. The van der Waals surface area contributed by atoms with E-state index >= 15 is 26.4 Å². The van der Waals surface area contributed by atoms with Gasteiger partial charge in [0.2, 0.25) is 11.8 Å². The second-order valence-corrected chi connectivity index (χ2v) is 21.0. The molecule has 342 valence electrons. The zero-order chi connectivity index (χ0) is 46.8. The van der Waals surface area contributed by atoms with Gasteiger partial charge in [-0.15, -0.1) is 0 Å². The molecule has 0 bridgehead atoms. The van der Waals surface area contributed by atoms with E-state index in [0.717, 1.165) is 22.5 Å². The van der Waals surface area contributed by atoms with Crippen LogP contribution in [0.15, 0.2) is 119 Å². The van der Waals surface area contributed by atoms with Crippen molar-refractivity contribution < 1.29 is 55.1 Å². The number of para-hydroxylation sites is 2. The van der Waals surface area contributed by atoms with Gasteiger partial charge in [0.05, 0.1) is 32.0 Å². The fourth-order valence-corrected chi connectivity index (χ4v) is 15.1. The number of carbonyl (C=O) groups is 6. The number of piperazine rings is 2. The molecule has 4 aromatic carbocycles. The second-order valence-electron chi connectivity index (χ2n) is 17.4. The van der Waals surface area contributed by atoms with Crippen LogP contribution in [0.3, 0.4) is 0 Å². The summed E-state index contributed by atoms with van der Waals surface area (Å²) in [5.41, 5.74) is -2.76. The summed E-state index contributed by atoms with van der Waals surface area (Å²) in [6.07, 6.45) is -3.90. The maximum atomic E-state index is 15.6. The van der Waals surface area contributed by atoms with Crippen molar-refractivity contribution in [2.45, 2.75) is 83.8 Å². The molecular formula is C46H44N6O12S2. The van der Waals surface area contributed by atoms with Gasteiger partial charge in [-0.2, -0.15) is 0 Å². The zero-order valence-corrected chi connectivity index (χ0v) is 37.7. The summed E-state index contributed by atoms with van der Waals surface area (Å²) in [5.74, 6) is -4.14.